The lowest BCUT2D eigenvalue weighted by molar-refractivity contribution is 0.195. The number of likely N-dealkylation sites (N-methyl/N-ethyl adjacent to an activating group) is 1. The molecular weight excluding hydrogens is 356 g/mol. The zero-order valence-corrected chi connectivity index (χ0v) is 17.3. The molecule has 3 saturated heterocycles. The molecular formula is C20H28N6S. The van der Waals surface area contributed by atoms with Gasteiger partial charge in [-0.3, -0.25) is 0 Å². The minimum Gasteiger partial charge on any atom is -0.347 e. The van der Waals surface area contributed by atoms with Gasteiger partial charge in [-0.2, -0.15) is 0 Å². The van der Waals surface area contributed by atoms with Gasteiger partial charge in [0.05, 0.1) is 11.4 Å². The highest BCUT2D eigenvalue weighted by molar-refractivity contribution is 7.15. The highest BCUT2D eigenvalue weighted by atomic mass is 32.1. The van der Waals surface area contributed by atoms with Gasteiger partial charge in [-0.25, -0.2) is 15.0 Å². The van der Waals surface area contributed by atoms with Crippen molar-refractivity contribution in [3.05, 3.63) is 28.5 Å². The van der Waals surface area contributed by atoms with E-state index in [2.05, 4.69) is 46.6 Å². The molecule has 2 aromatic rings. The van der Waals surface area contributed by atoms with Crippen molar-refractivity contribution >= 4 is 22.4 Å². The lowest BCUT2D eigenvalue weighted by atomic mass is 9.70. The van der Waals surface area contributed by atoms with Gasteiger partial charge in [0.15, 0.2) is 5.13 Å². The van der Waals surface area contributed by atoms with Crippen LogP contribution in [0.3, 0.4) is 0 Å². The number of thiazole rings is 1. The van der Waals surface area contributed by atoms with Gasteiger partial charge in [-0.1, -0.05) is 0 Å². The molecule has 0 aromatic carbocycles. The fraction of sp³-hybridized carbons (Fsp3) is 0.650. The van der Waals surface area contributed by atoms with Crippen LogP contribution in [0, 0.1) is 19.3 Å². The molecule has 144 valence electrons. The number of aryl methyl sites for hydroxylation is 2. The first-order chi connectivity index (χ1) is 13.0. The van der Waals surface area contributed by atoms with Crippen LogP contribution in [-0.4, -0.2) is 66.2 Å². The van der Waals surface area contributed by atoms with Gasteiger partial charge >= 0.3 is 0 Å². The molecule has 0 N–H and O–H groups in total. The van der Waals surface area contributed by atoms with Crippen LogP contribution in [0.2, 0.25) is 0 Å². The summed E-state index contributed by atoms with van der Waals surface area (Å²) in [6.07, 6.45) is 4.47. The molecule has 5 heterocycles. The maximum absolute atomic E-state index is 5.02. The van der Waals surface area contributed by atoms with E-state index < -0.39 is 0 Å². The molecule has 1 unspecified atom stereocenters. The third-order valence-electron chi connectivity index (χ3n) is 6.53. The van der Waals surface area contributed by atoms with E-state index in [1.807, 2.05) is 17.5 Å². The Hall–Kier alpha value is -1.73. The Kier molecular flexibility index (Phi) is 4.13. The zero-order chi connectivity index (χ0) is 18.6. The molecule has 6 nitrogen and oxygen atoms in total. The smallest absolute Gasteiger partial charge is 0.225 e. The maximum atomic E-state index is 5.02. The maximum Gasteiger partial charge on any atom is 0.225 e. The van der Waals surface area contributed by atoms with Crippen molar-refractivity contribution in [3.63, 3.8) is 0 Å². The SMILES string of the molecule is Cc1nc(N2CC3(CN(C)CC3c3ccnc(N4CCCC4)n3)C2)sc1C. The number of hydrogen-bond donors (Lipinski definition) is 0. The highest BCUT2D eigenvalue weighted by Crippen LogP contribution is 2.50. The van der Waals surface area contributed by atoms with Gasteiger partial charge in [-0.05, 0) is 39.8 Å². The Morgan fingerprint density at radius 3 is 2.56 bits per heavy atom. The van der Waals surface area contributed by atoms with E-state index in [-0.39, 0.29) is 0 Å². The zero-order valence-electron chi connectivity index (χ0n) is 16.5. The van der Waals surface area contributed by atoms with Crippen molar-refractivity contribution in [2.45, 2.75) is 32.6 Å². The Morgan fingerprint density at radius 2 is 1.85 bits per heavy atom. The van der Waals surface area contributed by atoms with Crippen molar-refractivity contribution in [2.75, 3.05) is 56.1 Å². The van der Waals surface area contributed by atoms with Crippen LogP contribution in [0.25, 0.3) is 0 Å². The summed E-state index contributed by atoms with van der Waals surface area (Å²) < 4.78 is 0. The van der Waals surface area contributed by atoms with Gasteiger partial charge < -0.3 is 14.7 Å². The van der Waals surface area contributed by atoms with E-state index in [1.165, 1.54) is 34.2 Å². The standard InChI is InChI=1S/C20H28N6S/c1-14-15(2)27-19(22-14)26-12-20(13-26)11-24(3)10-16(20)17-6-7-21-18(23-17)25-8-4-5-9-25/h6-7,16H,4-5,8-13H2,1-3H3. The van der Waals surface area contributed by atoms with Crippen molar-refractivity contribution in [1.82, 2.24) is 19.9 Å². The number of nitrogens with zero attached hydrogens (tertiary/aromatic N) is 6. The van der Waals surface area contributed by atoms with Crippen molar-refractivity contribution in [2.24, 2.45) is 5.41 Å². The van der Waals surface area contributed by atoms with Gasteiger partial charge in [0.25, 0.3) is 0 Å². The van der Waals surface area contributed by atoms with Crippen LogP contribution in [0.15, 0.2) is 12.3 Å². The lowest BCUT2D eigenvalue weighted by Gasteiger charge is -2.51. The summed E-state index contributed by atoms with van der Waals surface area (Å²) in [5.41, 5.74) is 2.68. The second-order valence-electron chi connectivity index (χ2n) is 8.58. The third-order valence-corrected chi connectivity index (χ3v) is 7.66. The average molecular weight is 385 g/mol. The second kappa shape index (κ2) is 6.41. The summed E-state index contributed by atoms with van der Waals surface area (Å²) in [6.45, 7) is 10.8. The summed E-state index contributed by atoms with van der Waals surface area (Å²) in [4.78, 5) is 22.9. The first kappa shape index (κ1) is 17.4. The molecule has 7 heteroatoms. The number of rotatable bonds is 3. The highest BCUT2D eigenvalue weighted by Gasteiger charge is 2.55. The molecule has 1 atom stereocenters. The van der Waals surface area contributed by atoms with Crippen LogP contribution in [0.4, 0.5) is 11.1 Å². The quantitative estimate of drug-likeness (QED) is 0.811. The number of hydrogen-bond acceptors (Lipinski definition) is 7. The molecule has 0 amide bonds. The molecule has 3 fully saturated rings. The Labute approximate surface area is 165 Å². The second-order valence-corrected chi connectivity index (χ2v) is 9.76. The Morgan fingerprint density at radius 1 is 1.07 bits per heavy atom. The van der Waals surface area contributed by atoms with E-state index in [9.17, 15) is 0 Å². The van der Waals surface area contributed by atoms with Crippen molar-refractivity contribution in [3.8, 4) is 0 Å². The Balaban J connectivity index is 1.38. The normalized spacial score (nSPS) is 24.8. The molecule has 0 radical (unpaired) electrons. The van der Waals surface area contributed by atoms with Crippen molar-refractivity contribution < 1.29 is 0 Å². The van der Waals surface area contributed by atoms with Gasteiger partial charge in [0.1, 0.15) is 0 Å². The monoisotopic (exact) mass is 384 g/mol. The third kappa shape index (κ3) is 2.91. The molecule has 5 rings (SSSR count). The van der Waals surface area contributed by atoms with E-state index in [4.69, 9.17) is 9.97 Å². The van der Waals surface area contributed by atoms with E-state index in [1.54, 1.807) is 0 Å². The molecule has 0 saturated carbocycles. The van der Waals surface area contributed by atoms with Crippen LogP contribution in [0.5, 0.6) is 0 Å². The summed E-state index contributed by atoms with van der Waals surface area (Å²) in [5, 5.41) is 1.18. The predicted molar refractivity (Wildman–Crippen MR) is 110 cm³/mol. The molecule has 3 aliphatic rings. The lowest BCUT2D eigenvalue weighted by Crippen LogP contribution is -2.60. The van der Waals surface area contributed by atoms with E-state index in [0.717, 1.165) is 45.2 Å². The fourth-order valence-corrected chi connectivity index (χ4v) is 5.92. The fourth-order valence-electron chi connectivity index (χ4n) is 5.01. The summed E-state index contributed by atoms with van der Waals surface area (Å²) in [7, 11) is 2.24. The van der Waals surface area contributed by atoms with Crippen molar-refractivity contribution in [1.29, 1.82) is 0 Å². The minimum atomic E-state index is 0.291. The molecule has 3 aliphatic heterocycles. The number of likely N-dealkylation sites (tertiary alicyclic amines) is 1. The number of anilines is 2. The molecule has 2 aromatic heterocycles. The van der Waals surface area contributed by atoms with Crippen LogP contribution >= 0.6 is 11.3 Å². The van der Waals surface area contributed by atoms with Crippen LogP contribution < -0.4 is 9.80 Å². The summed E-state index contributed by atoms with van der Waals surface area (Å²) >= 11 is 1.83. The average Bonchev–Trinajstić information content (AvgIpc) is 3.33. The molecule has 0 aliphatic carbocycles. The van der Waals surface area contributed by atoms with E-state index >= 15 is 0 Å². The summed E-state index contributed by atoms with van der Waals surface area (Å²) in [6, 6.07) is 2.14. The first-order valence-electron chi connectivity index (χ1n) is 9.99. The van der Waals surface area contributed by atoms with Gasteiger partial charge in [-0.15, -0.1) is 11.3 Å². The van der Waals surface area contributed by atoms with Gasteiger partial charge in [0, 0.05) is 61.7 Å². The summed E-state index contributed by atoms with van der Waals surface area (Å²) in [5.74, 6) is 1.40. The number of aromatic nitrogens is 3. The largest absolute Gasteiger partial charge is 0.347 e. The molecule has 0 bridgehead atoms. The predicted octanol–water partition coefficient (Wildman–Crippen LogP) is 2.69. The Bertz CT molecular complexity index is 817. The minimum absolute atomic E-state index is 0.291. The molecule has 1 spiro atoms. The first-order valence-corrected chi connectivity index (χ1v) is 10.8. The molecule has 27 heavy (non-hydrogen) atoms. The topological polar surface area (TPSA) is 48.4 Å². The van der Waals surface area contributed by atoms with E-state index in [0.29, 0.717) is 11.3 Å². The van der Waals surface area contributed by atoms with Crippen LogP contribution in [0.1, 0.15) is 35.0 Å². The van der Waals surface area contributed by atoms with Gasteiger partial charge in [0.2, 0.25) is 5.95 Å². The van der Waals surface area contributed by atoms with Crippen LogP contribution in [-0.2, 0) is 0 Å².